The summed E-state index contributed by atoms with van der Waals surface area (Å²) in [5, 5.41) is 40.4. The molecule has 0 aromatic carbocycles. The summed E-state index contributed by atoms with van der Waals surface area (Å²) in [6, 6.07) is 0. The van der Waals surface area contributed by atoms with Crippen molar-refractivity contribution in [3.05, 3.63) is 23.3 Å². The Kier molecular flexibility index (Phi) is 5.32. The van der Waals surface area contributed by atoms with Crippen molar-refractivity contribution in [2.45, 2.75) is 88.9 Å². The third-order valence-corrected chi connectivity index (χ3v) is 9.09. The van der Waals surface area contributed by atoms with Crippen LogP contribution in [0, 0.1) is 22.7 Å². The molecule has 11 heteroatoms. The van der Waals surface area contributed by atoms with Gasteiger partial charge in [0.25, 0.3) is 0 Å². The second-order valence-corrected chi connectivity index (χ2v) is 11.5. The summed E-state index contributed by atoms with van der Waals surface area (Å²) in [7, 11) is 0. The number of rotatable bonds is 4. The van der Waals surface area contributed by atoms with Crippen LogP contribution < -0.4 is 0 Å². The fraction of sp³-hybridized carbons (Fsp3) is 0.760. The summed E-state index contributed by atoms with van der Waals surface area (Å²) in [6.07, 6.45) is -6.96. The molecule has 4 N–H and O–H groups in total. The van der Waals surface area contributed by atoms with E-state index in [2.05, 4.69) is 0 Å². The van der Waals surface area contributed by atoms with Crippen molar-refractivity contribution in [2.24, 2.45) is 22.7 Å². The van der Waals surface area contributed by atoms with E-state index in [0.717, 1.165) is 11.1 Å². The van der Waals surface area contributed by atoms with E-state index < -0.39 is 96.5 Å². The molecule has 2 aliphatic carbocycles. The molecule has 13 atom stereocenters. The quantitative estimate of drug-likeness (QED) is 0.271. The van der Waals surface area contributed by atoms with Crippen LogP contribution in [0.2, 0.25) is 0 Å². The number of cyclic esters (lactones) is 1. The third-order valence-electron chi connectivity index (χ3n) is 9.09. The smallest absolute Gasteiger partial charge is 0.331 e. The largest absolute Gasteiger partial charge is 0.457 e. The number of aliphatic hydroxyl groups excluding tert-OH is 4. The van der Waals surface area contributed by atoms with Crippen molar-refractivity contribution < 1.29 is 53.7 Å². The zero-order valence-electron chi connectivity index (χ0n) is 20.4. The molecule has 0 aromatic heterocycles. The average Bonchev–Trinajstić information content (AvgIpc) is 3.58. The minimum atomic E-state index is -1.62. The number of epoxide rings is 1. The number of esters is 2. The van der Waals surface area contributed by atoms with Gasteiger partial charge in [0.15, 0.2) is 6.29 Å². The maximum atomic E-state index is 13.5. The van der Waals surface area contributed by atoms with Gasteiger partial charge in [-0.05, 0) is 30.1 Å². The maximum absolute atomic E-state index is 13.5. The zero-order chi connectivity index (χ0) is 25.9. The van der Waals surface area contributed by atoms with Crippen LogP contribution in [-0.2, 0) is 33.3 Å². The molecule has 198 valence electrons. The Hall–Kier alpha value is -1.86. The van der Waals surface area contributed by atoms with E-state index in [9.17, 15) is 30.0 Å². The van der Waals surface area contributed by atoms with Gasteiger partial charge in [-0.1, -0.05) is 20.8 Å². The Morgan fingerprint density at radius 2 is 1.75 bits per heavy atom. The fourth-order valence-corrected chi connectivity index (χ4v) is 7.29. The molecular weight excluding hydrogens is 476 g/mol. The van der Waals surface area contributed by atoms with Crippen molar-refractivity contribution in [3.63, 3.8) is 0 Å². The molecule has 36 heavy (non-hydrogen) atoms. The number of ether oxygens (including phenoxy) is 5. The van der Waals surface area contributed by atoms with E-state index in [0.29, 0.717) is 0 Å². The number of carbonyl (C=O) groups is 2. The second-order valence-electron chi connectivity index (χ2n) is 11.5. The van der Waals surface area contributed by atoms with Crippen LogP contribution in [0.25, 0.3) is 0 Å². The van der Waals surface area contributed by atoms with Crippen molar-refractivity contribution in [2.75, 3.05) is 6.61 Å². The molecule has 3 saturated heterocycles. The van der Waals surface area contributed by atoms with Gasteiger partial charge in [-0.2, -0.15) is 0 Å². The van der Waals surface area contributed by atoms with E-state index in [-0.39, 0.29) is 5.92 Å². The van der Waals surface area contributed by atoms with Crippen molar-refractivity contribution in [1.29, 1.82) is 0 Å². The lowest BCUT2D eigenvalue weighted by atomic mass is 9.48. The summed E-state index contributed by atoms with van der Waals surface area (Å²) in [5.41, 5.74) is -0.384. The normalized spacial score (nSPS) is 53.0. The van der Waals surface area contributed by atoms with Gasteiger partial charge in [-0.15, -0.1) is 0 Å². The third kappa shape index (κ3) is 2.99. The van der Waals surface area contributed by atoms with E-state index in [1.807, 2.05) is 26.8 Å². The summed E-state index contributed by atoms with van der Waals surface area (Å²) in [6.45, 7) is 7.03. The van der Waals surface area contributed by atoms with Crippen molar-refractivity contribution in [1.82, 2.24) is 0 Å². The molecule has 6 aliphatic rings. The standard InChI is InChI=1S/C25H32O11/c1-8(2)17-9-5-11-19-24(3,10(9)6-13(27)34-17)20-18(35-20)21(25(19,4)23(31)33-11)36-22-16(30)15(29)14(28)12(7-26)32-22/h5-6,8,11-12,14-22,26,28-30H,7H2,1-4H3/t11-,12+,14+,15-,16+,17+,18-,19+,20+,21+,22-,24+,25+/m0/s1. The van der Waals surface area contributed by atoms with Gasteiger partial charge in [0.1, 0.15) is 54.2 Å². The van der Waals surface area contributed by atoms with Crippen LogP contribution in [0.4, 0.5) is 0 Å². The fourth-order valence-electron chi connectivity index (χ4n) is 7.29. The zero-order valence-corrected chi connectivity index (χ0v) is 20.4. The molecular formula is C25H32O11. The molecule has 4 aliphatic heterocycles. The number of hydrogen-bond donors (Lipinski definition) is 4. The topological polar surface area (TPSA) is 165 Å². The molecule has 0 spiro atoms. The van der Waals surface area contributed by atoms with E-state index in [4.69, 9.17) is 23.7 Å². The average molecular weight is 509 g/mol. The lowest BCUT2D eigenvalue weighted by molar-refractivity contribution is -0.322. The van der Waals surface area contributed by atoms with Gasteiger partial charge < -0.3 is 44.1 Å². The second kappa shape index (κ2) is 7.83. The van der Waals surface area contributed by atoms with Gasteiger partial charge in [-0.25, -0.2) is 4.79 Å². The first-order valence-corrected chi connectivity index (χ1v) is 12.4. The Balaban J connectivity index is 1.40. The molecule has 0 aromatic rings. The molecule has 0 radical (unpaired) electrons. The first-order valence-electron chi connectivity index (χ1n) is 12.4. The van der Waals surface area contributed by atoms with Gasteiger partial charge in [0, 0.05) is 17.4 Å². The highest BCUT2D eigenvalue weighted by Crippen LogP contribution is 2.70. The minimum absolute atomic E-state index is 0.00863. The summed E-state index contributed by atoms with van der Waals surface area (Å²) < 4.78 is 29.4. The number of fused-ring (bicyclic) bond motifs is 4. The Morgan fingerprint density at radius 3 is 2.42 bits per heavy atom. The van der Waals surface area contributed by atoms with Crippen molar-refractivity contribution >= 4 is 11.9 Å². The van der Waals surface area contributed by atoms with Crippen LogP contribution in [0.15, 0.2) is 23.3 Å². The Morgan fingerprint density at radius 1 is 1.03 bits per heavy atom. The molecule has 1 saturated carbocycles. The lowest BCUT2D eigenvalue weighted by Gasteiger charge is -2.53. The Bertz CT molecular complexity index is 1050. The number of aliphatic hydroxyl groups is 4. The van der Waals surface area contributed by atoms with Crippen LogP contribution >= 0.6 is 0 Å². The Labute approximate surface area is 207 Å². The van der Waals surface area contributed by atoms with Gasteiger partial charge in [0.05, 0.1) is 12.7 Å². The molecule has 0 amide bonds. The molecule has 0 unspecified atom stereocenters. The van der Waals surface area contributed by atoms with Gasteiger partial charge in [0.2, 0.25) is 0 Å². The number of carbonyl (C=O) groups excluding carboxylic acids is 2. The number of hydrogen-bond acceptors (Lipinski definition) is 11. The minimum Gasteiger partial charge on any atom is -0.457 e. The molecule has 4 fully saturated rings. The molecule has 4 heterocycles. The van der Waals surface area contributed by atoms with E-state index >= 15 is 0 Å². The summed E-state index contributed by atoms with van der Waals surface area (Å²) >= 11 is 0. The predicted molar refractivity (Wildman–Crippen MR) is 118 cm³/mol. The van der Waals surface area contributed by atoms with Crippen molar-refractivity contribution in [3.8, 4) is 0 Å². The molecule has 11 nitrogen and oxygen atoms in total. The maximum Gasteiger partial charge on any atom is 0.331 e. The van der Waals surface area contributed by atoms with Crippen LogP contribution in [0.1, 0.15) is 27.7 Å². The molecule has 6 rings (SSSR count). The lowest BCUT2D eigenvalue weighted by Crippen LogP contribution is -2.64. The molecule has 0 bridgehead atoms. The highest BCUT2D eigenvalue weighted by molar-refractivity contribution is 5.88. The highest BCUT2D eigenvalue weighted by Gasteiger charge is 2.80. The highest BCUT2D eigenvalue weighted by atomic mass is 16.7. The van der Waals surface area contributed by atoms with Gasteiger partial charge >= 0.3 is 11.9 Å². The summed E-state index contributed by atoms with van der Waals surface area (Å²) in [5.74, 6) is -1.39. The van der Waals surface area contributed by atoms with Crippen LogP contribution in [-0.4, -0.2) is 100 Å². The van der Waals surface area contributed by atoms with Crippen LogP contribution in [0.5, 0.6) is 0 Å². The monoisotopic (exact) mass is 508 g/mol. The first-order chi connectivity index (χ1) is 16.9. The SMILES string of the molecule is CC(C)[C@H]1OC(=O)C=C2C1=C[C@@H]1OC(=O)[C@]3(C)[C@H]1[C@]2(C)[C@@H]1O[C@@H]1[C@H]3O[C@@H]1O[C@H](CO)[C@@H](O)[C@H](O)[C@H]1O. The van der Waals surface area contributed by atoms with Gasteiger partial charge in [-0.3, -0.25) is 4.79 Å². The van der Waals surface area contributed by atoms with E-state index in [1.165, 1.54) is 6.08 Å². The first kappa shape index (κ1) is 24.5. The predicted octanol–water partition coefficient (Wildman–Crippen LogP) is -1.05. The van der Waals surface area contributed by atoms with E-state index in [1.54, 1.807) is 6.92 Å². The van der Waals surface area contributed by atoms with Crippen LogP contribution in [0.3, 0.4) is 0 Å². The summed E-state index contributed by atoms with van der Waals surface area (Å²) in [4.78, 5) is 26.1.